The van der Waals surface area contributed by atoms with Crippen molar-refractivity contribution in [1.29, 1.82) is 0 Å². The van der Waals surface area contributed by atoms with Gasteiger partial charge in [-0.2, -0.15) is 0 Å². The number of para-hydroxylation sites is 1. The van der Waals surface area contributed by atoms with Crippen LogP contribution in [0, 0.1) is 11.8 Å². The van der Waals surface area contributed by atoms with E-state index < -0.39 is 6.10 Å². The van der Waals surface area contributed by atoms with Crippen molar-refractivity contribution >= 4 is 38.1 Å². The second-order valence-electron chi connectivity index (χ2n) is 10.7. The van der Waals surface area contributed by atoms with Gasteiger partial charge in [0.05, 0.1) is 18.6 Å². The van der Waals surface area contributed by atoms with Gasteiger partial charge in [0.15, 0.2) is 0 Å². The first-order valence-corrected chi connectivity index (χ1v) is 13.1. The van der Waals surface area contributed by atoms with E-state index in [2.05, 4.69) is 78.3 Å². The molecular formula is C33H31N2O+. The topological polar surface area (TPSA) is 33.1 Å². The molecule has 4 aromatic carbocycles. The first-order valence-electron chi connectivity index (χ1n) is 13.1. The van der Waals surface area contributed by atoms with E-state index in [9.17, 15) is 5.11 Å². The van der Waals surface area contributed by atoms with E-state index in [1.165, 1.54) is 27.2 Å². The van der Waals surface area contributed by atoms with Crippen LogP contribution in [0.4, 0.5) is 5.69 Å². The summed E-state index contributed by atoms with van der Waals surface area (Å²) < 4.78 is 0.798. The minimum absolute atomic E-state index is 0.0694. The second kappa shape index (κ2) is 8.26. The zero-order valence-electron chi connectivity index (χ0n) is 20.4. The molecule has 5 aromatic rings. The Balaban J connectivity index is 1.50. The number of quaternary nitrogens is 1. The summed E-state index contributed by atoms with van der Waals surface area (Å²) in [6, 6.07) is 30.2. The maximum absolute atomic E-state index is 12.2. The summed E-state index contributed by atoms with van der Waals surface area (Å²) in [6.45, 7) is 6.26. The average Bonchev–Trinajstić information content (AvgIpc) is 2.95. The van der Waals surface area contributed by atoms with Crippen LogP contribution in [0.15, 0.2) is 104 Å². The lowest BCUT2D eigenvalue weighted by molar-refractivity contribution is -0.0380. The van der Waals surface area contributed by atoms with Gasteiger partial charge < -0.3 is 5.11 Å². The minimum Gasteiger partial charge on any atom is -0.382 e. The summed E-state index contributed by atoms with van der Waals surface area (Å²) in [5.74, 6) is 1.02. The van der Waals surface area contributed by atoms with E-state index in [-0.39, 0.29) is 6.04 Å². The SMILES string of the molecule is C=C[C@H]1C[N@+]2(c3c4ccccc4cc4ccccc34)CC[C@H]1C[C@H]2[C@H](O)c1ccnc2ccccc12. The molecule has 3 heteroatoms. The molecule has 0 unspecified atom stereocenters. The number of aliphatic hydroxyl groups excluding tert-OH is 1. The van der Waals surface area contributed by atoms with Crippen LogP contribution in [0.1, 0.15) is 24.5 Å². The molecule has 178 valence electrons. The molecule has 1 N–H and O–H groups in total. The van der Waals surface area contributed by atoms with Crippen LogP contribution in [0.2, 0.25) is 0 Å². The summed E-state index contributed by atoms with van der Waals surface area (Å²) in [4.78, 5) is 4.57. The van der Waals surface area contributed by atoms with E-state index in [0.29, 0.717) is 11.8 Å². The molecular weight excluding hydrogens is 440 g/mol. The van der Waals surface area contributed by atoms with Crippen LogP contribution in [-0.4, -0.2) is 29.2 Å². The highest BCUT2D eigenvalue weighted by Crippen LogP contribution is 2.53. The normalized spacial score (nSPS) is 26.4. The highest BCUT2D eigenvalue weighted by Gasteiger charge is 2.56. The van der Waals surface area contributed by atoms with Crippen LogP contribution in [-0.2, 0) is 0 Å². The summed E-state index contributed by atoms with van der Waals surface area (Å²) in [5.41, 5.74) is 3.31. The van der Waals surface area contributed by atoms with Gasteiger partial charge in [0.1, 0.15) is 17.8 Å². The van der Waals surface area contributed by atoms with Gasteiger partial charge in [-0.3, -0.25) is 9.47 Å². The Kier molecular flexibility index (Phi) is 4.99. The Bertz CT molecular complexity index is 1570. The van der Waals surface area contributed by atoms with Crippen molar-refractivity contribution < 1.29 is 5.11 Å². The quantitative estimate of drug-likeness (QED) is 0.171. The highest BCUT2D eigenvalue weighted by atomic mass is 16.3. The molecule has 3 nitrogen and oxygen atoms in total. The van der Waals surface area contributed by atoms with Gasteiger partial charge in [-0.1, -0.05) is 60.7 Å². The van der Waals surface area contributed by atoms with Gasteiger partial charge in [0.25, 0.3) is 0 Å². The summed E-state index contributed by atoms with van der Waals surface area (Å²) in [6.07, 6.45) is 5.60. The smallest absolute Gasteiger partial charge is 0.149 e. The van der Waals surface area contributed by atoms with Crippen molar-refractivity contribution in [2.45, 2.75) is 25.0 Å². The fourth-order valence-electron chi connectivity index (χ4n) is 7.42. The van der Waals surface area contributed by atoms with Crippen LogP contribution in [0.3, 0.4) is 0 Å². The lowest BCUT2D eigenvalue weighted by Crippen LogP contribution is -2.69. The number of pyridine rings is 1. The van der Waals surface area contributed by atoms with Crippen molar-refractivity contribution in [3.63, 3.8) is 0 Å². The molecule has 3 aliphatic rings. The zero-order valence-corrected chi connectivity index (χ0v) is 20.4. The number of hydrogen-bond donors (Lipinski definition) is 1. The Morgan fingerprint density at radius 2 is 1.56 bits per heavy atom. The minimum atomic E-state index is -0.579. The summed E-state index contributed by atoms with van der Waals surface area (Å²) >= 11 is 0. The number of rotatable bonds is 4. The van der Waals surface area contributed by atoms with Gasteiger partial charge in [-0.15, -0.1) is 6.58 Å². The van der Waals surface area contributed by atoms with Crippen molar-refractivity contribution in [3.8, 4) is 0 Å². The fourth-order valence-corrected chi connectivity index (χ4v) is 7.42. The van der Waals surface area contributed by atoms with Crippen LogP contribution < -0.4 is 4.48 Å². The van der Waals surface area contributed by atoms with Gasteiger partial charge in [-0.25, -0.2) is 0 Å². The third kappa shape index (κ3) is 3.09. The van der Waals surface area contributed by atoms with Gasteiger partial charge in [-0.05, 0) is 52.6 Å². The molecule has 0 spiro atoms. The van der Waals surface area contributed by atoms with Crippen molar-refractivity contribution in [2.75, 3.05) is 13.1 Å². The number of piperidine rings is 3. The molecule has 5 atom stereocenters. The van der Waals surface area contributed by atoms with E-state index >= 15 is 0 Å². The third-order valence-electron chi connectivity index (χ3n) is 9.08. The van der Waals surface area contributed by atoms with Crippen molar-refractivity contribution in [3.05, 3.63) is 109 Å². The number of benzene rings is 4. The van der Waals surface area contributed by atoms with E-state index in [0.717, 1.165) is 46.9 Å². The van der Waals surface area contributed by atoms with E-state index in [1.807, 2.05) is 30.5 Å². The lowest BCUT2D eigenvalue weighted by Gasteiger charge is -2.58. The fraction of sp³-hybridized carbons (Fsp3) is 0.242. The molecule has 36 heavy (non-hydrogen) atoms. The average molecular weight is 472 g/mol. The van der Waals surface area contributed by atoms with Crippen molar-refractivity contribution in [2.24, 2.45) is 11.8 Å². The Morgan fingerprint density at radius 3 is 2.28 bits per heavy atom. The number of aliphatic hydroxyl groups is 1. The van der Waals surface area contributed by atoms with E-state index in [1.54, 1.807) is 0 Å². The Hall–Kier alpha value is -3.53. The largest absolute Gasteiger partial charge is 0.382 e. The van der Waals surface area contributed by atoms with Crippen LogP contribution in [0.5, 0.6) is 0 Å². The third-order valence-corrected chi connectivity index (χ3v) is 9.08. The van der Waals surface area contributed by atoms with Crippen molar-refractivity contribution in [1.82, 2.24) is 9.47 Å². The molecule has 1 aromatic heterocycles. The predicted octanol–water partition coefficient (Wildman–Crippen LogP) is 7.18. The van der Waals surface area contributed by atoms with Gasteiger partial charge in [0.2, 0.25) is 0 Å². The standard InChI is InChI=1S/C33H31N2O/c1-2-22-21-35(32-26-11-5-3-9-24(26)19-25-10-4-6-12-27(25)32)18-16-23(22)20-31(35)33(36)29-15-17-34-30-14-8-7-13-28(29)30/h2-15,17,19,22-23,31,33,36H,1,16,18,20-21H2/q+1/t22-,23-,31-,33+,35+/m0/s1. The number of aromatic nitrogens is 1. The van der Waals surface area contributed by atoms with E-state index in [4.69, 9.17) is 0 Å². The number of nitrogens with zero attached hydrogens (tertiary/aromatic N) is 2. The molecule has 8 rings (SSSR count). The van der Waals surface area contributed by atoms with Gasteiger partial charge in [0, 0.05) is 41.1 Å². The predicted molar refractivity (Wildman–Crippen MR) is 150 cm³/mol. The molecule has 3 saturated heterocycles. The molecule has 0 amide bonds. The van der Waals surface area contributed by atoms with Crippen LogP contribution >= 0.6 is 0 Å². The highest BCUT2D eigenvalue weighted by molar-refractivity contribution is 6.10. The zero-order chi connectivity index (χ0) is 24.3. The molecule has 3 aliphatic heterocycles. The molecule has 3 fully saturated rings. The Labute approximate surface area is 211 Å². The first kappa shape index (κ1) is 21.7. The van der Waals surface area contributed by atoms with Crippen LogP contribution in [0.25, 0.3) is 32.4 Å². The molecule has 0 aliphatic carbocycles. The number of fused-ring (bicyclic) bond motifs is 6. The van der Waals surface area contributed by atoms with Gasteiger partial charge >= 0.3 is 0 Å². The maximum Gasteiger partial charge on any atom is 0.149 e. The summed E-state index contributed by atoms with van der Waals surface area (Å²) in [5, 5.41) is 18.4. The molecule has 0 saturated carbocycles. The molecule has 2 bridgehead atoms. The Morgan fingerprint density at radius 1 is 0.889 bits per heavy atom. The molecule has 0 radical (unpaired) electrons. The lowest BCUT2D eigenvalue weighted by atomic mass is 9.70. The maximum atomic E-state index is 12.2. The molecule has 4 heterocycles. The summed E-state index contributed by atoms with van der Waals surface area (Å²) in [7, 11) is 0. The monoisotopic (exact) mass is 471 g/mol. The second-order valence-corrected chi connectivity index (χ2v) is 10.7. The number of hydrogen-bond acceptors (Lipinski definition) is 2. The first-order chi connectivity index (χ1) is 17.7.